The quantitative estimate of drug-likeness (QED) is 0.742. The van der Waals surface area contributed by atoms with Crippen LogP contribution in [0.25, 0.3) is 11.3 Å². The van der Waals surface area contributed by atoms with Crippen LogP contribution in [0.1, 0.15) is 54.1 Å². The molecule has 28 heavy (non-hydrogen) atoms. The summed E-state index contributed by atoms with van der Waals surface area (Å²) in [5.41, 5.74) is 2.02. The van der Waals surface area contributed by atoms with Crippen molar-refractivity contribution < 1.29 is 14.6 Å². The van der Waals surface area contributed by atoms with E-state index >= 15 is 0 Å². The van der Waals surface area contributed by atoms with Gasteiger partial charge in [0.25, 0.3) is 5.56 Å². The second kappa shape index (κ2) is 6.85. The normalized spacial score (nSPS) is 18.2. The van der Waals surface area contributed by atoms with Gasteiger partial charge in [0, 0.05) is 22.3 Å². The first kappa shape index (κ1) is 18.1. The number of halogens is 1. The Morgan fingerprint density at radius 2 is 2.04 bits per heavy atom. The highest BCUT2D eigenvalue weighted by Gasteiger charge is 2.33. The van der Waals surface area contributed by atoms with Gasteiger partial charge < -0.3 is 14.4 Å². The zero-order valence-electron chi connectivity index (χ0n) is 15.2. The number of carboxylic acid groups (broad SMARTS) is 1. The topological polar surface area (TPSA) is 68.5 Å². The van der Waals surface area contributed by atoms with Crippen LogP contribution < -0.4 is 10.3 Å². The van der Waals surface area contributed by atoms with Crippen LogP contribution >= 0.6 is 23.4 Å². The van der Waals surface area contributed by atoms with Crippen LogP contribution in [0.5, 0.6) is 5.75 Å². The van der Waals surface area contributed by atoms with Crippen LogP contribution in [0.15, 0.2) is 27.9 Å². The van der Waals surface area contributed by atoms with Crippen molar-refractivity contribution in [2.45, 2.75) is 48.8 Å². The minimum Gasteiger partial charge on any atom is -0.492 e. The number of hydrogen-bond acceptors (Lipinski definition) is 4. The Labute approximate surface area is 171 Å². The number of rotatable bonds is 5. The molecule has 0 saturated heterocycles. The molecule has 2 saturated carbocycles. The van der Waals surface area contributed by atoms with Crippen LogP contribution in [0.2, 0.25) is 5.02 Å². The summed E-state index contributed by atoms with van der Waals surface area (Å²) in [4.78, 5) is 25.4. The first-order valence-corrected chi connectivity index (χ1v) is 11.0. The number of benzene rings is 1. The molecular formula is C21H20ClNO4S. The molecule has 1 aliphatic heterocycles. The van der Waals surface area contributed by atoms with Crippen molar-refractivity contribution in [3.63, 3.8) is 0 Å². The highest BCUT2D eigenvalue weighted by Crippen LogP contribution is 2.48. The highest BCUT2D eigenvalue weighted by atomic mass is 35.5. The minimum atomic E-state index is -1.17. The number of carbonyl (C=O) groups is 1. The lowest BCUT2D eigenvalue weighted by Crippen LogP contribution is -2.29. The van der Waals surface area contributed by atoms with Gasteiger partial charge >= 0.3 is 5.97 Å². The Morgan fingerprint density at radius 3 is 2.68 bits per heavy atom. The van der Waals surface area contributed by atoms with Crippen LogP contribution in [-0.4, -0.2) is 22.2 Å². The summed E-state index contributed by atoms with van der Waals surface area (Å²) in [6.45, 7) is 0.689. The standard InChI is InChI=1S/C21H20ClNO4S/c22-16-7-14-18(8-17(16)27-9-11-2-1-3-11)28-10-12-6-15(21(25)26)20(24)23(19(12)14)13-4-5-13/h6-8,11,13H,1-5,9-10H2,(H,25,26). The molecule has 0 unspecified atom stereocenters. The van der Waals surface area contributed by atoms with Crippen molar-refractivity contribution in [3.05, 3.63) is 44.7 Å². The summed E-state index contributed by atoms with van der Waals surface area (Å²) < 4.78 is 7.65. The number of carboxylic acids is 1. The summed E-state index contributed by atoms with van der Waals surface area (Å²) in [5, 5.41) is 9.97. The number of thioether (sulfide) groups is 1. The Balaban J connectivity index is 1.60. The van der Waals surface area contributed by atoms with E-state index in [1.165, 1.54) is 25.3 Å². The fourth-order valence-electron chi connectivity index (χ4n) is 3.91. The van der Waals surface area contributed by atoms with E-state index in [2.05, 4.69) is 0 Å². The third-order valence-electron chi connectivity index (χ3n) is 5.83. The Hall–Kier alpha value is -1.92. The van der Waals surface area contributed by atoms with Gasteiger partial charge in [-0.3, -0.25) is 4.79 Å². The maximum Gasteiger partial charge on any atom is 0.341 e. The molecule has 2 heterocycles. The molecule has 2 aliphatic carbocycles. The smallest absolute Gasteiger partial charge is 0.341 e. The van der Waals surface area contributed by atoms with Crippen LogP contribution in [-0.2, 0) is 5.75 Å². The lowest BCUT2D eigenvalue weighted by atomic mass is 9.86. The molecule has 146 valence electrons. The number of aromatic carboxylic acids is 1. The molecule has 5 nitrogen and oxygen atoms in total. The lowest BCUT2D eigenvalue weighted by molar-refractivity contribution is 0.0694. The third-order valence-corrected chi connectivity index (χ3v) is 7.23. The third kappa shape index (κ3) is 3.03. The molecule has 0 amide bonds. The average Bonchev–Trinajstić information content (AvgIpc) is 3.45. The summed E-state index contributed by atoms with van der Waals surface area (Å²) >= 11 is 8.15. The van der Waals surface area contributed by atoms with Gasteiger partial charge in [-0.1, -0.05) is 18.0 Å². The number of pyridine rings is 1. The fraction of sp³-hybridized carbons (Fsp3) is 0.429. The molecule has 7 heteroatoms. The van der Waals surface area contributed by atoms with E-state index in [1.54, 1.807) is 16.3 Å². The molecule has 5 rings (SSSR count). The van der Waals surface area contributed by atoms with Crippen molar-refractivity contribution in [3.8, 4) is 17.0 Å². The van der Waals surface area contributed by atoms with E-state index in [4.69, 9.17) is 16.3 Å². The summed E-state index contributed by atoms with van der Waals surface area (Å²) in [6, 6.07) is 5.45. The molecule has 1 N–H and O–H groups in total. The van der Waals surface area contributed by atoms with Gasteiger partial charge in [-0.25, -0.2) is 4.79 Å². The molecular weight excluding hydrogens is 398 g/mol. The molecule has 0 atom stereocenters. The van der Waals surface area contributed by atoms with Crippen molar-refractivity contribution in [2.75, 3.05) is 6.61 Å². The summed E-state index contributed by atoms with van der Waals surface area (Å²) in [7, 11) is 0. The first-order valence-electron chi connectivity index (χ1n) is 9.64. The molecule has 3 aliphatic rings. The minimum absolute atomic E-state index is 0.0739. The number of fused-ring (bicyclic) bond motifs is 3. The number of nitrogens with zero attached hydrogens (tertiary/aromatic N) is 1. The molecule has 0 spiro atoms. The van der Waals surface area contributed by atoms with Crippen molar-refractivity contribution in [1.82, 2.24) is 4.57 Å². The second-order valence-corrected chi connectivity index (χ2v) is 9.24. The predicted molar refractivity (Wildman–Crippen MR) is 109 cm³/mol. The molecule has 1 aromatic carbocycles. The molecule has 2 aromatic rings. The van der Waals surface area contributed by atoms with Gasteiger partial charge in [0.05, 0.1) is 17.3 Å². The van der Waals surface area contributed by atoms with Gasteiger partial charge in [-0.05, 0) is 55.4 Å². The van der Waals surface area contributed by atoms with Gasteiger partial charge in [0.15, 0.2) is 0 Å². The van der Waals surface area contributed by atoms with Crippen LogP contribution in [0.3, 0.4) is 0 Å². The maximum absolute atomic E-state index is 12.9. The highest BCUT2D eigenvalue weighted by molar-refractivity contribution is 7.98. The van der Waals surface area contributed by atoms with Gasteiger partial charge in [0.2, 0.25) is 0 Å². The zero-order valence-corrected chi connectivity index (χ0v) is 16.8. The van der Waals surface area contributed by atoms with Crippen LogP contribution in [0, 0.1) is 5.92 Å². The Bertz CT molecular complexity index is 1040. The molecule has 2 fully saturated rings. The van der Waals surface area contributed by atoms with Gasteiger partial charge in [-0.2, -0.15) is 0 Å². The number of hydrogen-bond donors (Lipinski definition) is 1. The van der Waals surface area contributed by atoms with Crippen molar-refractivity contribution in [1.29, 1.82) is 0 Å². The van der Waals surface area contributed by atoms with Crippen molar-refractivity contribution in [2.24, 2.45) is 5.92 Å². The monoisotopic (exact) mass is 417 g/mol. The maximum atomic E-state index is 12.9. The van der Waals surface area contributed by atoms with E-state index in [0.29, 0.717) is 29.0 Å². The van der Waals surface area contributed by atoms with Gasteiger partial charge in [0.1, 0.15) is 11.3 Å². The Morgan fingerprint density at radius 1 is 1.25 bits per heavy atom. The molecule has 0 bridgehead atoms. The van der Waals surface area contributed by atoms with Crippen LogP contribution in [0.4, 0.5) is 0 Å². The largest absolute Gasteiger partial charge is 0.492 e. The van der Waals surface area contributed by atoms with E-state index in [1.807, 2.05) is 12.1 Å². The SMILES string of the molecule is O=C(O)c1cc2c(n(C3CC3)c1=O)-c1cc(Cl)c(OCC3CCC3)cc1SC2. The van der Waals surface area contributed by atoms with E-state index in [9.17, 15) is 14.7 Å². The Kier molecular flexibility index (Phi) is 4.43. The molecule has 1 aromatic heterocycles. The summed E-state index contributed by atoms with van der Waals surface area (Å²) in [6.07, 6.45) is 5.49. The van der Waals surface area contributed by atoms with Crippen molar-refractivity contribution >= 4 is 29.3 Å². The number of ether oxygens (including phenoxy) is 1. The fourth-order valence-corrected chi connectivity index (χ4v) is 5.16. The van der Waals surface area contributed by atoms with E-state index in [0.717, 1.165) is 34.6 Å². The van der Waals surface area contributed by atoms with E-state index < -0.39 is 11.5 Å². The number of aromatic nitrogens is 1. The first-order chi connectivity index (χ1) is 13.5. The lowest BCUT2D eigenvalue weighted by Gasteiger charge is -2.27. The summed E-state index contributed by atoms with van der Waals surface area (Å²) in [5.74, 6) is 0.760. The predicted octanol–water partition coefficient (Wildman–Crippen LogP) is 4.99. The van der Waals surface area contributed by atoms with E-state index in [-0.39, 0.29) is 11.6 Å². The van der Waals surface area contributed by atoms with Gasteiger partial charge in [-0.15, -0.1) is 11.8 Å². The second-order valence-electron chi connectivity index (χ2n) is 7.82. The average molecular weight is 418 g/mol. The molecule has 0 radical (unpaired) electrons. The zero-order chi connectivity index (χ0) is 19.4.